The summed E-state index contributed by atoms with van der Waals surface area (Å²) in [5, 5.41) is 0.638. The molecule has 0 bridgehead atoms. The van der Waals surface area contributed by atoms with Gasteiger partial charge in [0, 0.05) is 37.8 Å². The maximum absolute atomic E-state index is 15.6. The third-order valence-electron chi connectivity index (χ3n) is 7.53. The molecule has 0 saturated carbocycles. The zero-order chi connectivity index (χ0) is 25.7. The second kappa shape index (κ2) is 9.00. The van der Waals surface area contributed by atoms with Gasteiger partial charge in [-0.15, -0.1) is 0 Å². The van der Waals surface area contributed by atoms with Crippen LogP contribution >= 0.6 is 0 Å². The van der Waals surface area contributed by atoms with Crippen LogP contribution in [0.25, 0.3) is 33.1 Å². The average Bonchev–Trinajstić information content (AvgIpc) is 3.08. The number of likely N-dealkylation sites (tertiary alicyclic amines) is 1. The molecule has 8 heteroatoms. The molecule has 1 saturated heterocycles. The molecular weight excluding hydrogens is 469 g/mol. The molecule has 2 aliphatic heterocycles. The van der Waals surface area contributed by atoms with Crippen LogP contribution in [0.5, 0.6) is 5.75 Å². The van der Waals surface area contributed by atoms with Crippen LogP contribution < -0.4 is 10.4 Å². The van der Waals surface area contributed by atoms with Crippen LogP contribution in [0.1, 0.15) is 45.2 Å². The van der Waals surface area contributed by atoms with Crippen molar-refractivity contribution in [2.45, 2.75) is 45.1 Å². The first-order valence-electron chi connectivity index (χ1n) is 12.9. The number of hydrogen-bond acceptors (Lipinski definition) is 5. The molecule has 4 aromatic rings. The van der Waals surface area contributed by atoms with Crippen LogP contribution in [0.4, 0.5) is 4.39 Å². The standard InChI is InChI=1S/C29H30FN5O2/c1-29(2)18-37-27-24(19-10-11-20(31-16-19)9-5-8-14-34-12-6-4-7-13-34)21(30)15-22-25(27)26-23(17-32-22)33(3)28(36)35(26)29/h10-11,15-17H,4,6-8,12-14,18H2,1-3H3. The zero-order valence-corrected chi connectivity index (χ0v) is 21.5. The van der Waals surface area contributed by atoms with E-state index in [9.17, 15) is 4.79 Å². The minimum absolute atomic E-state index is 0.151. The molecular formula is C29H30FN5O2. The number of piperidine rings is 1. The highest BCUT2D eigenvalue weighted by atomic mass is 19.1. The number of halogens is 1. The van der Waals surface area contributed by atoms with Gasteiger partial charge in [-0.2, -0.15) is 0 Å². The van der Waals surface area contributed by atoms with Gasteiger partial charge in [0.15, 0.2) is 0 Å². The van der Waals surface area contributed by atoms with Crippen LogP contribution in [-0.4, -0.2) is 50.2 Å². The summed E-state index contributed by atoms with van der Waals surface area (Å²) in [4.78, 5) is 24.6. The summed E-state index contributed by atoms with van der Waals surface area (Å²) in [6.07, 6.45) is 7.94. The fourth-order valence-corrected chi connectivity index (χ4v) is 5.54. The van der Waals surface area contributed by atoms with Crippen molar-refractivity contribution < 1.29 is 9.13 Å². The van der Waals surface area contributed by atoms with Gasteiger partial charge in [-0.25, -0.2) is 14.2 Å². The molecule has 3 aromatic heterocycles. The summed E-state index contributed by atoms with van der Waals surface area (Å²) in [5.74, 6) is 6.30. The van der Waals surface area contributed by atoms with E-state index in [0.717, 1.165) is 26.1 Å². The van der Waals surface area contributed by atoms with Crippen molar-refractivity contribution in [3.8, 4) is 28.7 Å². The SMILES string of the molecule is Cn1c(=O)n2c3c4c(c(-c5ccc(C#CCCN6CCCCC6)nc5)c(F)cc4ncc31)OCC2(C)C. The number of hydrogen-bond donors (Lipinski definition) is 0. The van der Waals surface area contributed by atoms with Gasteiger partial charge in [0.2, 0.25) is 0 Å². The zero-order valence-electron chi connectivity index (χ0n) is 21.5. The molecule has 0 amide bonds. The molecule has 0 atom stereocenters. The minimum atomic E-state index is -0.635. The van der Waals surface area contributed by atoms with Crippen molar-refractivity contribution in [3.63, 3.8) is 0 Å². The first kappa shape index (κ1) is 23.7. The molecule has 7 nitrogen and oxygen atoms in total. The Bertz CT molecular complexity index is 1630. The van der Waals surface area contributed by atoms with E-state index in [1.165, 1.54) is 25.3 Å². The van der Waals surface area contributed by atoms with Crippen LogP contribution in [0.2, 0.25) is 0 Å². The number of pyridine rings is 2. The van der Waals surface area contributed by atoms with Gasteiger partial charge < -0.3 is 9.64 Å². The van der Waals surface area contributed by atoms with Crippen LogP contribution in [0.15, 0.2) is 35.4 Å². The van der Waals surface area contributed by atoms with E-state index in [0.29, 0.717) is 44.5 Å². The highest BCUT2D eigenvalue weighted by Crippen LogP contribution is 2.44. The van der Waals surface area contributed by atoms with Gasteiger partial charge in [-0.05, 0) is 57.8 Å². The number of aromatic nitrogens is 4. The summed E-state index contributed by atoms with van der Waals surface area (Å²) in [7, 11) is 1.73. The fourth-order valence-electron chi connectivity index (χ4n) is 5.54. The maximum Gasteiger partial charge on any atom is 0.329 e. The highest BCUT2D eigenvalue weighted by molar-refractivity contribution is 6.09. The van der Waals surface area contributed by atoms with Gasteiger partial charge in [0.1, 0.15) is 23.9 Å². The minimum Gasteiger partial charge on any atom is -0.490 e. The molecule has 0 unspecified atom stereocenters. The normalized spacial score (nSPS) is 17.0. The lowest BCUT2D eigenvalue weighted by Crippen LogP contribution is -2.40. The lowest BCUT2D eigenvalue weighted by atomic mass is 10.0. The summed E-state index contributed by atoms with van der Waals surface area (Å²) in [5.41, 5.74) is 2.62. The lowest BCUT2D eigenvalue weighted by molar-refractivity contribution is 0.189. The third-order valence-corrected chi connectivity index (χ3v) is 7.53. The second-order valence-electron chi connectivity index (χ2n) is 10.6. The number of benzene rings is 1. The van der Waals surface area contributed by atoms with E-state index < -0.39 is 11.4 Å². The molecule has 1 aromatic carbocycles. The molecule has 2 aliphatic rings. The predicted molar refractivity (Wildman–Crippen MR) is 142 cm³/mol. The predicted octanol–water partition coefficient (Wildman–Crippen LogP) is 4.44. The Morgan fingerprint density at radius 1 is 1.14 bits per heavy atom. The first-order chi connectivity index (χ1) is 17.8. The van der Waals surface area contributed by atoms with Gasteiger partial charge in [-0.3, -0.25) is 14.1 Å². The Hall–Kier alpha value is -3.70. The number of ether oxygens (including phenoxy) is 1. The van der Waals surface area contributed by atoms with E-state index in [1.54, 1.807) is 28.6 Å². The van der Waals surface area contributed by atoms with E-state index in [2.05, 4.69) is 26.7 Å². The van der Waals surface area contributed by atoms with Gasteiger partial charge >= 0.3 is 5.69 Å². The Labute approximate surface area is 214 Å². The topological polar surface area (TPSA) is 65.2 Å². The molecule has 0 N–H and O–H groups in total. The molecule has 6 rings (SSSR count). The van der Waals surface area contributed by atoms with E-state index >= 15 is 4.39 Å². The average molecular weight is 500 g/mol. The molecule has 37 heavy (non-hydrogen) atoms. The smallest absolute Gasteiger partial charge is 0.329 e. The summed E-state index contributed by atoms with van der Waals surface area (Å²) >= 11 is 0. The summed E-state index contributed by atoms with van der Waals surface area (Å²) in [6, 6.07) is 5.05. The molecule has 0 radical (unpaired) electrons. The van der Waals surface area contributed by atoms with Crippen molar-refractivity contribution in [2.24, 2.45) is 7.05 Å². The molecule has 0 spiro atoms. The van der Waals surface area contributed by atoms with Crippen LogP contribution in [0, 0.1) is 17.7 Å². The van der Waals surface area contributed by atoms with Crippen molar-refractivity contribution >= 4 is 21.9 Å². The van der Waals surface area contributed by atoms with E-state index in [-0.39, 0.29) is 12.3 Å². The number of imidazole rings is 1. The van der Waals surface area contributed by atoms with Gasteiger partial charge in [-0.1, -0.05) is 12.3 Å². The van der Waals surface area contributed by atoms with Crippen LogP contribution in [0.3, 0.4) is 0 Å². The highest BCUT2D eigenvalue weighted by Gasteiger charge is 2.34. The van der Waals surface area contributed by atoms with Gasteiger partial charge in [0.25, 0.3) is 0 Å². The van der Waals surface area contributed by atoms with Crippen LogP contribution in [-0.2, 0) is 12.6 Å². The molecule has 5 heterocycles. The molecule has 0 aliphatic carbocycles. The van der Waals surface area contributed by atoms with E-state index in [1.807, 2.05) is 26.0 Å². The number of rotatable bonds is 3. The first-order valence-corrected chi connectivity index (χ1v) is 12.9. The Morgan fingerprint density at radius 3 is 2.70 bits per heavy atom. The Balaban J connectivity index is 1.39. The summed E-state index contributed by atoms with van der Waals surface area (Å²) < 4.78 is 25.1. The Morgan fingerprint density at radius 2 is 1.95 bits per heavy atom. The molecule has 1 fully saturated rings. The monoisotopic (exact) mass is 499 g/mol. The van der Waals surface area contributed by atoms with Gasteiger partial charge in [0.05, 0.1) is 39.2 Å². The second-order valence-corrected chi connectivity index (χ2v) is 10.6. The largest absolute Gasteiger partial charge is 0.490 e. The maximum atomic E-state index is 15.6. The van der Waals surface area contributed by atoms with Crippen molar-refractivity contribution in [2.75, 3.05) is 26.2 Å². The number of nitrogens with zero attached hydrogens (tertiary/aromatic N) is 5. The third kappa shape index (κ3) is 3.98. The summed E-state index contributed by atoms with van der Waals surface area (Å²) in [6.45, 7) is 7.41. The Kier molecular flexibility index (Phi) is 5.76. The number of aryl methyl sites for hydroxylation is 1. The lowest BCUT2D eigenvalue weighted by Gasteiger charge is -2.25. The van der Waals surface area contributed by atoms with Crippen molar-refractivity contribution in [1.29, 1.82) is 0 Å². The van der Waals surface area contributed by atoms with Crippen molar-refractivity contribution in [3.05, 3.63) is 52.6 Å². The van der Waals surface area contributed by atoms with Crippen molar-refractivity contribution in [1.82, 2.24) is 24.0 Å². The quantitative estimate of drug-likeness (QED) is 0.390. The van der Waals surface area contributed by atoms with E-state index in [4.69, 9.17) is 4.74 Å². The molecule has 190 valence electrons. The fraction of sp³-hybridized carbons (Fsp3) is 0.414.